The van der Waals surface area contributed by atoms with E-state index < -0.39 is 0 Å². The van der Waals surface area contributed by atoms with E-state index in [0.717, 1.165) is 10.0 Å². The number of aromatic nitrogens is 2. The summed E-state index contributed by atoms with van der Waals surface area (Å²) >= 11 is 2.94. The van der Waals surface area contributed by atoms with Gasteiger partial charge in [-0.3, -0.25) is 0 Å². The van der Waals surface area contributed by atoms with Crippen molar-refractivity contribution in [2.24, 2.45) is 0 Å². The first-order valence-electron chi connectivity index (χ1n) is 3.18. The molecule has 4 nitrogen and oxygen atoms in total. The molecule has 6 heteroatoms. The van der Waals surface area contributed by atoms with Crippen molar-refractivity contribution in [1.29, 1.82) is 0 Å². The maximum atomic E-state index is 5.47. The van der Waals surface area contributed by atoms with Crippen LogP contribution in [0.25, 0.3) is 10.0 Å². The number of hydrogen-bond donors (Lipinski definition) is 2. The molecule has 12 heavy (non-hydrogen) atoms. The quantitative estimate of drug-likeness (QED) is 0.726. The predicted molar refractivity (Wildman–Crippen MR) is 52.0 cm³/mol. The number of nitrogens with zero attached hydrogens (tertiary/aromatic N) is 2. The Morgan fingerprint density at radius 3 is 1.58 bits per heavy atom. The summed E-state index contributed by atoms with van der Waals surface area (Å²) in [7, 11) is 0. The first-order chi connectivity index (χ1) is 5.75. The molecule has 0 fully saturated rings. The maximum Gasteiger partial charge on any atom is 0.154 e. The van der Waals surface area contributed by atoms with Gasteiger partial charge in [-0.2, -0.15) is 0 Å². The maximum absolute atomic E-state index is 5.47. The van der Waals surface area contributed by atoms with Crippen molar-refractivity contribution in [2.45, 2.75) is 0 Å². The van der Waals surface area contributed by atoms with Gasteiger partial charge in [0.25, 0.3) is 0 Å². The average molecular weight is 198 g/mol. The highest BCUT2D eigenvalue weighted by Gasteiger charge is 2.06. The molecular weight excluding hydrogens is 192 g/mol. The van der Waals surface area contributed by atoms with Crippen LogP contribution in [-0.4, -0.2) is 9.97 Å². The lowest BCUT2D eigenvalue weighted by Gasteiger charge is -1.84. The number of nitrogens with two attached hydrogens (primary N) is 2. The van der Waals surface area contributed by atoms with Gasteiger partial charge >= 0.3 is 0 Å². The lowest BCUT2D eigenvalue weighted by atomic mass is 10.7. The molecule has 0 bridgehead atoms. The minimum absolute atomic E-state index is 0.531. The smallest absolute Gasteiger partial charge is 0.154 e. The molecule has 0 aromatic carbocycles. The van der Waals surface area contributed by atoms with Crippen LogP contribution < -0.4 is 11.5 Å². The zero-order valence-electron chi connectivity index (χ0n) is 6.02. The average Bonchev–Trinajstić information content (AvgIpc) is 2.58. The van der Waals surface area contributed by atoms with Gasteiger partial charge in [0.1, 0.15) is 11.6 Å². The second-order valence-corrected chi connectivity index (χ2v) is 3.87. The van der Waals surface area contributed by atoms with Gasteiger partial charge in [-0.05, 0) is 0 Å². The normalized spacial score (nSPS) is 10.3. The second kappa shape index (κ2) is 2.72. The van der Waals surface area contributed by atoms with Crippen LogP contribution in [0.2, 0.25) is 0 Å². The molecule has 0 spiro atoms. The Labute approximate surface area is 76.9 Å². The molecule has 0 saturated heterocycles. The van der Waals surface area contributed by atoms with Gasteiger partial charge in [0, 0.05) is 10.8 Å². The Kier molecular flexibility index (Phi) is 1.70. The molecule has 62 valence electrons. The van der Waals surface area contributed by atoms with Crippen LogP contribution in [0.15, 0.2) is 10.8 Å². The Hall–Kier alpha value is -1.14. The van der Waals surface area contributed by atoms with Crippen molar-refractivity contribution < 1.29 is 0 Å². The Bertz CT molecular complexity index is 353. The van der Waals surface area contributed by atoms with Crippen LogP contribution in [-0.2, 0) is 0 Å². The minimum Gasteiger partial charge on any atom is -0.383 e. The molecule has 0 aliphatic rings. The Morgan fingerprint density at radius 1 is 0.917 bits per heavy atom. The van der Waals surface area contributed by atoms with E-state index in [1.165, 1.54) is 22.7 Å². The third-order valence-corrected chi connectivity index (χ3v) is 3.09. The van der Waals surface area contributed by atoms with Gasteiger partial charge in [-0.15, -0.1) is 22.7 Å². The Morgan fingerprint density at radius 2 is 1.33 bits per heavy atom. The zero-order chi connectivity index (χ0) is 8.55. The monoisotopic (exact) mass is 198 g/mol. The summed E-state index contributed by atoms with van der Waals surface area (Å²) in [5.74, 6) is 1.06. The summed E-state index contributed by atoms with van der Waals surface area (Å²) in [5.41, 5.74) is 10.9. The molecule has 2 aromatic rings. The molecule has 4 N–H and O–H groups in total. The SMILES string of the molecule is Nc1csc(-c2nc(N)cs2)n1. The highest BCUT2D eigenvalue weighted by atomic mass is 32.1. The van der Waals surface area contributed by atoms with E-state index in [9.17, 15) is 0 Å². The van der Waals surface area contributed by atoms with Crippen LogP contribution in [0.3, 0.4) is 0 Å². The van der Waals surface area contributed by atoms with E-state index in [-0.39, 0.29) is 0 Å². The van der Waals surface area contributed by atoms with Crippen molar-refractivity contribution in [3.05, 3.63) is 10.8 Å². The highest BCUT2D eigenvalue weighted by molar-refractivity contribution is 7.20. The molecule has 2 heterocycles. The summed E-state index contributed by atoms with van der Waals surface area (Å²) < 4.78 is 0. The van der Waals surface area contributed by atoms with Crippen LogP contribution in [0.5, 0.6) is 0 Å². The van der Waals surface area contributed by atoms with Gasteiger partial charge in [0.2, 0.25) is 0 Å². The largest absolute Gasteiger partial charge is 0.383 e. The van der Waals surface area contributed by atoms with Gasteiger partial charge in [0.15, 0.2) is 10.0 Å². The highest BCUT2D eigenvalue weighted by Crippen LogP contribution is 2.28. The van der Waals surface area contributed by atoms with E-state index in [2.05, 4.69) is 9.97 Å². The molecule has 2 rings (SSSR count). The van der Waals surface area contributed by atoms with Crippen LogP contribution >= 0.6 is 22.7 Å². The number of nitrogen functional groups attached to an aromatic ring is 2. The second-order valence-electron chi connectivity index (χ2n) is 2.16. The van der Waals surface area contributed by atoms with Gasteiger partial charge in [-0.25, -0.2) is 9.97 Å². The summed E-state index contributed by atoms with van der Waals surface area (Å²) in [4.78, 5) is 8.17. The summed E-state index contributed by atoms with van der Waals surface area (Å²) in [6, 6.07) is 0. The lowest BCUT2D eigenvalue weighted by Crippen LogP contribution is -1.84. The predicted octanol–water partition coefficient (Wildman–Crippen LogP) is 1.43. The molecule has 0 saturated carbocycles. The van der Waals surface area contributed by atoms with E-state index in [0.29, 0.717) is 11.6 Å². The molecule has 0 atom stereocenters. The van der Waals surface area contributed by atoms with Gasteiger partial charge in [0.05, 0.1) is 0 Å². The summed E-state index contributed by atoms with van der Waals surface area (Å²) in [6.07, 6.45) is 0. The van der Waals surface area contributed by atoms with Crippen molar-refractivity contribution >= 4 is 34.3 Å². The minimum atomic E-state index is 0.531. The molecule has 0 amide bonds. The molecule has 0 radical (unpaired) electrons. The van der Waals surface area contributed by atoms with E-state index in [4.69, 9.17) is 11.5 Å². The number of hydrogen-bond acceptors (Lipinski definition) is 6. The Balaban J connectivity index is 2.43. The van der Waals surface area contributed by atoms with Crippen molar-refractivity contribution in [3.63, 3.8) is 0 Å². The van der Waals surface area contributed by atoms with E-state index in [1.54, 1.807) is 10.8 Å². The third kappa shape index (κ3) is 1.26. The first-order valence-corrected chi connectivity index (χ1v) is 4.94. The summed E-state index contributed by atoms with van der Waals surface area (Å²) in [6.45, 7) is 0. The van der Waals surface area contributed by atoms with Crippen molar-refractivity contribution in [3.8, 4) is 10.0 Å². The van der Waals surface area contributed by atoms with Crippen LogP contribution in [0, 0.1) is 0 Å². The topological polar surface area (TPSA) is 77.8 Å². The lowest BCUT2D eigenvalue weighted by molar-refractivity contribution is 1.36. The molecule has 0 unspecified atom stereocenters. The summed E-state index contributed by atoms with van der Waals surface area (Å²) in [5, 5.41) is 5.23. The number of anilines is 2. The molecule has 0 aliphatic heterocycles. The number of thiazole rings is 2. The number of rotatable bonds is 1. The van der Waals surface area contributed by atoms with Gasteiger partial charge < -0.3 is 11.5 Å². The zero-order valence-corrected chi connectivity index (χ0v) is 7.65. The van der Waals surface area contributed by atoms with Crippen LogP contribution in [0.4, 0.5) is 11.6 Å². The standard InChI is InChI=1S/C6H6N4S2/c7-3-1-11-5(9-3)6-10-4(8)2-12-6/h1-2H,7-8H2. The third-order valence-electron chi connectivity index (χ3n) is 1.23. The van der Waals surface area contributed by atoms with E-state index >= 15 is 0 Å². The van der Waals surface area contributed by atoms with Crippen LogP contribution in [0.1, 0.15) is 0 Å². The molecule has 2 aromatic heterocycles. The fourth-order valence-electron chi connectivity index (χ4n) is 0.769. The molecule has 0 aliphatic carbocycles. The van der Waals surface area contributed by atoms with E-state index in [1.807, 2.05) is 0 Å². The van der Waals surface area contributed by atoms with Crippen molar-refractivity contribution in [1.82, 2.24) is 9.97 Å². The van der Waals surface area contributed by atoms with Gasteiger partial charge in [-0.1, -0.05) is 0 Å². The fraction of sp³-hybridized carbons (Fsp3) is 0. The first kappa shape index (κ1) is 7.51. The fourth-order valence-corrected chi connectivity index (χ4v) is 2.24. The molecular formula is C6H6N4S2. The van der Waals surface area contributed by atoms with Crippen molar-refractivity contribution in [2.75, 3.05) is 11.5 Å².